The Morgan fingerprint density at radius 3 is 2.32 bits per heavy atom. The molecule has 2 aromatic heterocycles. The molecule has 2 heterocycles. The number of thiazole rings is 1. The van der Waals surface area contributed by atoms with Crippen molar-refractivity contribution in [1.29, 1.82) is 0 Å². The number of aryl methyl sites for hydroxylation is 2. The van der Waals surface area contributed by atoms with Crippen LogP contribution < -0.4 is 4.90 Å². The normalized spacial score (nSPS) is 11.1. The molecule has 6 heteroatoms. The molecule has 0 fully saturated rings. The summed E-state index contributed by atoms with van der Waals surface area (Å²) in [5.74, 6) is -0.0492. The van der Waals surface area contributed by atoms with Gasteiger partial charge in [0.2, 0.25) is 0 Å². The zero-order valence-electron chi connectivity index (χ0n) is 19.3. The maximum atomic E-state index is 13.7. The topological polar surface area (TPSA) is 51.0 Å². The van der Waals surface area contributed by atoms with Crippen LogP contribution in [0.15, 0.2) is 84.9 Å². The third-order valence-corrected chi connectivity index (χ3v) is 6.91. The molecule has 1 amide bonds. The van der Waals surface area contributed by atoms with Crippen molar-refractivity contribution in [1.82, 2.24) is 14.8 Å². The van der Waals surface area contributed by atoms with Crippen LogP contribution in [0.2, 0.25) is 0 Å². The molecule has 5 aromatic rings. The molecular formula is C28H26N4OS. The number of benzene rings is 3. The highest BCUT2D eigenvalue weighted by Gasteiger charge is 2.22. The fraction of sp³-hybridized carbons (Fsp3) is 0.179. The number of carbonyl (C=O) groups excluding carboxylic acids is 1. The van der Waals surface area contributed by atoms with Crippen molar-refractivity contribution in [2.75, 3.05) is 11.4 Å². The molecule has 5 rings (SSSR count). The first-order valence-corrected chi connectivity index (χ1v) is 12.2. The Bertz CT molecular complexity index is 1390. The van der Waals surface area contributed by atoms with Gasteiger partial charge in [-0.05, 0) is 61.7 Å². The monoisotopic (exact) mass is 466 g/mol. The molecule has 0 aliphatic heterocycles. The van der Waals surface area contributed by atoms with Crippen LogP contribution >= 0.6 is 11.3 Å². The van der Waals surface area contributed by atoms with Gasteiger partial charge in [-0.1, -0.05) is 65.9 Å². The van der Waals surface area contributed by atoms with E-state index in [1.54, 1.807) is 16.2 Å². The average molecular weight is 467 g/mol. The average Bonchev–Trinajstić information content (AvgIpc) is 3.42. The van der Waals surface area contributed by atoms with Gasteiger partial charge in [-0.15, -0.1) is 0 Å². The molecule has 0 radical (unpaired) electrons. The van der Waals surface area contributed by atoms with Gasteiger partial charge in [0, 0.05) is 17.8 Å². The van der Waals surface area contributed by atoms with Gasteiger partial charge >= 0.3 is 0 Å². The van der Waals surface area contributed by atoms with Crippen molar-refractivity contribution in [3.63, 3.8) is 0 Å². The Morgan fingerprint density at radius 2 is 1.62 bits per heavy atom. The number of amides is 1. The molecule has 0 spiro atoms. The molecule has 0 N–H and O–H groups in total. The predicted octanol–water partition coefficient (Wildman–Crippen LogP) is 6.05. The Labute approximate surface area is 203 Å². The second-order valence-electron chi connectivity index (χ2n) is 8.43. The van der Waals surface area contributed by atoms with E-state index < -0.39 is 0 Å². The highest BCUT2D eigenvalue weighted by Crippen LogP contribution is 2.29. The van der Waals surface area contributed by atoms with E-state index >= 15 is 0 Å². The summed E-state index contributed by atoms with van der Waals surface area (Å²) in [5, 5.41) is 5.27. The molecule has 34 heavy (non-hydrogen) atoms. The van der Waals surface area contributed by atoms with Crippen molar-refractivity contribution in [2.24, 2.45) is 0 Å². The van der Waals surface area contributed by atoms with Gasteiger partial charge in [-0.25, -0.2) is 4.98 Å². The highest BCUT2D eigenvalue weighted by molar-refractivity contribution is 7.22. The van der Waals surface area contributed by atoms with Crippen LogP contribution in [0.3, 0.4) is 0 Å². The first kappa shape index (κ1) is 22.0. The molecule has 3 aromatic carbocycles. The molecular weight excluding hydrogens is 440 g/mol. The minimum atomic E-state index is -0.0492. The number of fused-ring (bicyclic) bond motifs is 1. The Morgan fingerprint density at radius 1 is 0.912 bits per heavy atom. The van der Waals surface area contributed by atoms with Gasteiger partial charge in [-0.2, -0.15) is 5.10 Å². The molecule has 0 saturated carbocycles. The zero-order valence-corrected chi connectivity index (χ0v) is 20.1. The van der Waals surface area contributed by atoms with Crippen molar-refractivity contribution in [2.45, 2.75) is 26.8 Å². The number of aromatic nitrogens is 3. The summed E-state index contributed by atoms with van der Waals surface area (Å²) in [6.07, 6.45) is 0.842. The second kappa shape index (κ2) is 9.61. The molecule has 0 saturated heterocycles. The third kappa shape index (κ3) is 4.77. The summed E-state index contributed by atoms with van der Waals surface area (Å²) in [6.45, 7) is 5.12. The lowest BCUT2D eigenvalue weighted by molar-refractivity contribution is 0.0985. The molecule has 170 valence electrons. The SMILES string of the molecule is Cc1cc(C)n(CCN(C(=O)c2ccc(Cc3ccccc3)cc2)c2nc3ccccc3s2)n1. The van der Waals surface area contributed by atoms with Gasteiger partial charge in [-0.3, -0.25) is 14.4 Å². The first-order valence-electron chi connectivity index (χ1n) is 11.4. The zero-order chi connectivity index (χ0) is 23.5. The summed E-state index contributed by atoms with van der Waals surface area (Å²) >= 11 is 1.54. The fourth-order valence-corrected chi connectivity index (χ4v) is 5.10. The lowest BCUT2D eigenvalue weighted by Crippen LogP contribution is -2.34. The van der Waals surface area contributed by atoms with Gasteiger partial charge in [0.1, 0.15) is 0 Å². The maximum absolute atomic E-state index is 13.7. The fourth-order valence-electron chi connectivity index (χ4n) is 4.11. The molecule has 0 aliphatic carbocycles. The molecule has 0 bridgehead atoms. The van der Waals surface area contributed by atoms with Gasteiger partial charge in [0.25, 0.3) is 5.91 Å². The van der Waals surface area contributed by atoms with Gasteiger partial charge in [0.15, 0.2) is 5.13 Å². The number of para-hydroxylation sites is 1. The van der Waals surface area contributed by atoms with Gasteiger partial charge < -0.3 is 0 Å². The largest absolute Gasteiger partial charge is 0.282 e. The summed E-state index contributed by atoms with van der Waals surface area (Å²) < 4.78 is 3.02. The molecule has 0 aliphatic rings. The minimum Gasteiger partial charge on any atom is -0.282 e. The van der Waals surface area contributed by atoms with E-state index in [4.69, 9.17) is 4.98 Å². The predicted molar refractivity (Wildman–Crippen MR) is 139 cm³/mol. The van der Waals surface area contributed by atoms with Crippen molar-refractivity contribution < 1.29 is 4.79 Å². The van der Waals surface area contributed by atoms with E-state index in [2.05, 4.69) is 23.3 Å². The number of nitrogens with zero attached hydrogens (tertiary/aromatic N) is 4. The number of carbonyl (C=O) groups is 1. The lowest BCUT2D eigenvalue weighted by atomic mass is 10.0. The number of hydrogen-bond acceptors (Lipinski definition) is 4. The van der Waals surface area contributed by atoms with Crippen LogP contribution in [-0.4, -0.2) is 27.2 Å². The van der Waals surface area contributed by atoms with Crippen LogP contribution in [0, 0.1) is 13.8 Å². The molecule has 0 unspecified atom stereocenters. The van der Waals surface area contributed by atoms with Crippen molar-refractivity contribution in [3.8, 4) is 0 Å². The van der Waals surface area contributed by atoms with Crippen molar-refractivity contribution >= 4 is 32.6 Å². The third-order valence-electron chi connectivity index (χ3n) is 5.85. The first-order chi connectivity index (χ1) is 16.6. The van der Waals surface area contributed by atoms with E-state index in [0.29, 0.717) is 23.8 Å². The quantitative estimate of drug-likeness (QED) is 0.293. The van der Waals surface area contributed by atoms with E-state index in [0.717, 1.165) is 28.0 Å². The summed E-state index contributed by atoms with van der Waals surface area (Å²) in [6, 6.07) is 28.3. The Kier molecular flexibility index (Phi) is 6.23. The molecule has 5 nitrogen and oxygen atoms in total. The van der Waals surface area contributed by atoms with Crippen LogP contribution in [0.25, 0.3) is 10.2 Å². The second-order valence-corrected chi connectivity index (χ2v) is 9.44. The van der Waals surface area contributed by atoms with E-state index in [9.17, 15) is 4.79 Å². The van der Waals surface area contributed by atoms with E-state index in [-0.39, 0.29) is 5.91 Å². The van der Waals surface area contributed by atoms with Gasteiger partial charge in [0.05, 0.1) is 22.5 Å². The minimum absolute atomic E-state index is 0.0492. The highest BCUT2D eigenvalue weighted by atomic mass is 32.1. The summed E-state index contributed by atoms with van der Waals surface area (Å²) in [5.41, 5.74) is 6.05. The van der Waals surface area contributed by atoms with Crippen molar-refractivity contribution in [3.05, 3.63) is 113 Å². The molecule has 0 atom stereocenters. The van der Waals surface area contributed by atoms with Crippen LogP contribution in [0.5, 0.6) is 0 Å². The van der Waals surface area contributed by atoms with E-state index in [1.807, 2.05) is 85.3 Å². The Balaban J connectivity index is 1.41. The number of anilines is 1. The number of rotatable bonds is 7. The van der Waals surface area contributed by atoms with Crippen LogP contribution in [0.1, 0.15) is 32.9 Å². The summed E-state index contributed by atoms with van der Waals surface area (Å²) in [4.78, 5) is 20.2. The lowest BCUT2D eigenvalue weighted by Gasteiger charge is -2.20. The standard InChI is InChI=1S/C28H26N4OS/c1-20-18-21(2)32(30-20)17-16-31(28-29-25-10-6-7-11-26(25)34-28)27(33)24-14-12-23(13-15-24)19-22-8-4-3-5-9-22/h3-15,18H,16-17,19H2,1-2H3. The van der Waals surface area contributed by atoms with Crippen LogP contribution in [0.4, 0.5) is 5.13 Å². The van der Waals surface area contributed by atoms with E-state index in [1.165, 1.54) is 11.1 Å². The Hall–Kier alpha value is -3.77. The number of hydrogen-bond donors (Lipinski definition) is 0. The van der Waals surface area contributed by atoms with Crippen LogP contribution in [-0.2, 0) is 13.0 Å². The maximum Gasteiger partial charge on any atom is 0.260 e. The smallest absolute Gasteiger partial charge is 0.260 e. The summed E-state index contributed by atoms with van der Waals surface area (Å²) in [7, 11) is 0.